The zero-order chi connectivity index (χ0) is 22.2. The number of ether oxygens (including phenoxy) is 1. The highest BCUT2D eigenvalue weighted by atomic mass is 16.5. The second kappa shape index (κ2) is 9.25. The van der Waals surface area contributed by atoms with Gasteiger partial charge in [-0.25, -0.2) is 0 Å². The molecule has 4 atom stereocenters. The van der Waals surface area contributed by atoms with E-state index in [9.17, 15) is 5.11 Å². The maximum absolute atomic E-state index is 10.5. The van der Waals surface area contributed by atoms with E-state index in [2.05, 4.69) is 63.1 Å². The Labute approximate surface area is 189 Å². The zero-order valence-corrected chi connectivity index (χ0v) is 20.3. The van der Waals surface area contributed by atoms with Crippen molar-refractivity contribution in [3.05, 3.63) is 40.5 Å². The van der Waals surface area contributed by atoms with Crippen LogP contribution in [0, 0.1) is 17.3 Å². The molecule has 31 heavy (non-hydrogen) atoms. The van der Waals surface area contributed by atoms with Crippen LogP contribution in [0.1, 0.15) is 61.6 Å². The number of allylic oxidation sites excluding steroid dienone is 1. The topological polar surface area (TPSA) is 35.9 Å². The molecule has 3 aliphatic rings. The SMILES string of the molecule is CN(C)CCOC/C=C1\CC[C@H]2[C@@H]3CCc4cc(O)c(CN(C)C)cc4[C@H]3CC[C@]12C. The molecule has 4 rings (SSSR count). The van der Waals surface area contributed by atoms with Crippen molar-refractivity contribution >= 4 is 0 Å². The van der Waals surface area contributed by atoms with Gasteiger partial charge >= 0.3 is 0 Å². The molecule has 1 aromatic rings. The highest BCUT2D eigenvalue weighted by Gasteiger charge is 2.52. The minimum atomic E-state index is 0.354. The average Bonchev–Trinajstić information content (AvgIpc) is 3.04. The summed E-state index contributed by atoms with van der Waals surface area (Å²) >= 11 is 0. The molecule has 1 N–H and O–H groups in total. The number of nitrogens with zero attached hydrogens (tertiary/aromatic N) is 2. The van der Waals surface area contributed by atoms with Gasteiger partial charge in [-0.2, -0.15) is 0 Å². The molecule has 2 fully saturated rings. The van der Waals surface area contributed by atoms with Gasteiger partial charge in [-0.3, -0.25) is 0 Å². The zero-order valence-electron chi connectivity index (χ0n) is 20.3. The number of benzene rings is 1. The van der Waals surface area contributed by atoms with Gasteiger partial charge in [0.1, 0.15) is 5.75 Å². The van der Waals surface area contributed by atoms with E-state index in [1.807, 2.05) is 0 Å². The van der Waals surface area contributed by atoms with Gasteiger partial charge in [0.2, 0.25) is 0 Å². The third-order valence-corrected chi connectivity index (χ3v) is 8.39. The summed E-state index contributed by atoms with van der Waals surface area (Å²) in [5.74, 6) is 2.72. The van der Waals surface area contributed by atoms with Crippen LogP contribution in [-0.2, 0) is 17.7 Å². The Balaban J connectivity index is 1.50. The van der Waals surface area contributed by atoms with Crippen molar-refractivity contribution in [3.63, 3.8) is 0 Å². The fourth-order valence-corrected chi connectivity index (χ4v) is 6.80. The van der Waals surface area contributed by atoms with Gasteiger partial charge in [0.15, 0.2) is 0 Å². The first-order valence-electron chi connectivity index (χ1n) is 12.2. The number of rotatable bonds is 7. The predicted octanol–water partition coefficient (Wildman–Crippen LogP) is 4.81. The third-order valence-electron chi connectivity index (χ3n) is 8.39. The van der Waals surface area contributed by atoms with E-state index in [1.165, 1.54) is 43.2 Å². The lowest BCUT2D eigenvalue weighted by Gasteiger charge is -2.49. The molecule has 4 nitrogen and oxygen atoms in total. The number of likely N-dealkylation sites (N-methyl/N-ethyl adjacent to an activating group) is 1. The second-order valence-corrected chi connectivity index (χ2v) is 10.9. The van der Waals surface area contributed by atoms with Crippen LogP contribution in [0.4, 0.5) is 0 Å². The maximum atomic E-state index is 10.5. The lowest BCUT2D eigenvalue weighted by molar-refractivity contribution is 0.0801. The molecule has 0 bridgehead atoms. The molecule has 0 spiro atoms. The molecule has 0 unspecified atom stereocenters. The Morgan fingerprint density at radius 2 is 1.90 bits per heavy atom. The van der Waals surface area contributed by atoms with Gasteiger partial charge in [0.05, 0.1) is 13.2 Å². The van der Waals surface area contributed by atoms with Crippen molar-refractivity contribution in [2.24, 2.45) is 17.3 Å². The Bertz CT molecular complexity index is 816. The van der Waals surface area contributed by atoms with Crippen LogP contribution in [0.3, 0.4) is 0 Å². The quantitative estimate of drug-likeness (QED) is 0.501. The lowest BCUT2D eigenvalue weighted by Crippen LogP contribution is -2.40. The number of phenolic OH excluding ortho intramolecular Hbond substituents is 1. The van der Waals surface area contributed by atoms with Crippen molar-refractivity contribution in [2.75, 3.05) is 47.9 Å². The first-order valence-corrected chi connectivity index (χ1v) is 12.2. The van der Waals surface area contributed by atoms with Gasteiger partial charge in [-0.1, -0.05) is 24.6 Å². The van der Waals surface area contributed by atoms with Crippen LogP contribution in [0.5, 0.6) is 5.75 Å². The number of hydrogen-bond acceptors (Lipinski definition) is 4. The Morgan fingerprint density at radius 3 is 2.65 bits per heavy atom. The number of fused-ring (bicyclic) bond motifs is 5. The van der Waals surface area contributed by atoms with E-state index in [0.29, 0.717) is 17.1 Å². The second-order valence-electron chi connectivity index (χ2n) is 10.9. The average molecular weight is 427 g/mol. The molecule has 2 saturated carbocycles. The van der Waals surface area contributed by atoms with Crippen LogP contribution in [0.15, 0.2) is 23.8 Å². The molecule has 3 aliphatic carbocycles. The largest absolute Gasteiger partial charge is 0.508 e. The van der Waals surface area contributed by atoms with Crippen LogP contribution in [0.2, 0.25) is 0 Å². The summed E-state index contributed by atoms with van der Waals surface area (Å²) in [5.41, 5.74) is 6.03. The number of hydrogen-bond donors (Lipinski definition) is 1. The Morgan fingerprint density at radius 1 is 1.10 bits per heavy atom. The standard InChI is InChI=1S/C27H42N2O2/c1-27-12-10-22-23(25(27)9-7-21(27)11-14-31-15-13-28(2)3)8-6-19-17-26(30)20(16-24(19)22)18-29(4)5/h11,16-17,22-23,25,30H,6-10,12-15,18H2,1-5H3/b21-11+/t22-,23+,25-,27+/m0/s1. The van der Waals surface area contributed by atoms with E-state index in [0.717, 1.165) is 50.1 Å². The number of phenols is 1. The molecule has 0 saturated heterocycles. The van der Waals surface area contributed by atoms with E-state index in [1.54, 1.807) is 5.57 Å². The molecule has 0 radical (unpaired) electrons. The molecule has 172 valence electrons. The maximum Gasteiger partial charge on any atom is 0.120 e. The molecule has 1 aromatic carbocycles. The first-order chi connectivity index (χ1) is 14.8. The van der Waals surface area contributed by atoms with Gasteiger partial charge in [-0.05, 0) is 107 Å². The van der Waals surface area contributed by atoms with Crippen LogP contribution in [-0.4, -0.2) is 62.9 Å². The normalized spacial score (nSPS) is 31.2. The van der Waals surface area contributed by atoms with Crippen molar-refractivity contribution < 1.29 is 9.84 Å². The van der Waals surface area contributed by atoms with E-state index >= 15 is 0 Å². The Hall–Kier alpha value is -1.36. The van der Waals surface area contributed by atoms with Gasteiger partial charge in [0.25, 0.3) is 0 Å². The Kier molecular flexibility index (Phi) is 6.81. The van der Waals surface area contributed by atoms with Gasteiger partial charge < -0.3 is 19.6 Å². The fourth-order valence-electron chi connectivity index (χ4n) is 6.80. The molecule has 0 heterocycles. The fraction of sp³-hybridized carbons (Fsp3) is 0.704. The first kappa shape index (κ1) is 22.8. The van der Waals surface area contributed by atoms with Crippen LogP contribution in [0.25, 0.3) is 0 Å². The molecule has 4 heteroatoms. The highest BCUT2D eigenvalue weighted by molar-refractivity contribution is 5.46. The molecular weight excluding hydrogens is 384 g/mol. The van der Waals surface area contributed by atoms with E-state index < -0.39 is 0 Å². The molecule has 0 aliphatic heterocycles. The summed E-state index contributed by atoms with van der Waals surface area (Å²) in [6, 6.07) is 4.41. The smallest absolute Gasteiger partial charge is 0.120 e. The summed E-state index contributed by atoms with van der Waals surface area (Å²) in [6.45, 7) is 5.89. The summed E-state index contributed by atoms with van der Waals surface area (Å²) in [5, 5.41) is 10.5. The lowest BCUT2D eigenvalue weighted by atomic mass is 9.55. The van der Waals surface area contributed by atoms with Crippen molar-refractivity contribution in [3.8, 4) is 5.75 Å². The van der Waals surface area contributed by atoms with E-state index in [-0.39, 0.29) is 0 Å². The highest BCUT2D eigenvalue weighted by Crippen LogP contribution is 2.62. The molecule has 0 aromatic heterocycles. The number of aryl methyl sites for hydroxylation is 1. The van der Waals surface area contributed by atoms with Crippen molar-refractivity contribution in [1.29, 1.82) is 0 Å². The van der Waals surface area contributed by atoms with Crippen molar-refractivity contribution in [1.82, 2.24) is 9.80 Å². The van der Waals surface area contributed by atoms with Crippen molar-refractivity contribution in [2.45, 2.75) is 57.9 Å². The third kappa shape index (κ3) is 4.58. The molecular formula is C27H42N2O2. The minimum absolute atomic E-state index is 0.354. The molecule has 0 amide bonds. The predicted molar refractivity (Wildman–Crippen MR) is 128 cm³/mol. The van der Waals surface area contributed by atoms with Gasteiger partial charge in [0, 0.05) is 18.7 Å². The summed E-state index contributed by atoms with van der Waals surface area (Å²) < 4.78 is 5.89. The summed E-state index contributed by atoms with van der Waals surface area (Å²) in [7, 11) is 8.33. The van der Waals surface area contributed by atoms with Crippen LogP contribution < -0.4 is 0 Å². The van der Waals surface area contributed by atoms with Crippen LogP contribution >= 0.6 is 0 Å². The van der Waals surface area contributed by atoms with Gasteiger partial charge in [-0.15, -0.1) is 0 Å². The summed E-state index contributed by atoms with van der Waals surface area (Å²) in [6.07, 6.45) is 9.94. The summed E-state index contributed by atoms with van der Waals surface area (Å²) in [4.78, 5) is 4.32. The van der Waals surface area contributed by atoms with E-state index in [4.69, 9.17) is 4.74 Å². The monoisotopic (exact) mass is 426 g/mol. The minimum Gasteiger partial charge on any atom is -0.508 e. The number of aromatic hydroxyl groups is 1.